The van der Waals surface area contributed by atoms with E-state index in [0.29, 0.717) is 23.9 Å². The topological polar surface area (TPSA) is 73.5 Å². The summed E-state index contributed by atoms with van der Waals surface area (Å²) in [5.74, 6) is -0.0519. The summed E-state index contributed by atoms with van der Waals surface area (Å²) in [7, 11) is 1.65. The number of aryl methyl sites for hydroxylation is 1. The van der Waals surface area contributed by atoms with Gasteiger partial charge in [0.15, 0.2) is 0 Å². The van der Waals surface area contributed by atoms with Gasteiger partial charge in [-0.1, -0.05) is 11.6 Å². The number of methoxy groups -OCH3 is 1. The Kier molecular flexibility index (Phi) is 8.12. The fourth-order valence-corrected chi connectivity index (χ4v) is 2.82. The Hall–Kier alpha value is -2.75. The minimum absolute atomic E-state index is 0.0351. The zero-order chi connectivity index (χ0) is 20.5. The van der Waals surface area contributed by atoms with Crippen molar-refractivity contribution in [3.8, 4) is 11.8 Å². The van der Waals surface area contributed by atoms with Gasteiger partial charge in [-0.3, -0.25) is 0 Å². The Labute approximate surface area is 169 Å². The molecular weight excluding hydrogens is 380 g/mol. The molecule has 148 valence electrons. The second-order valence-corrected chi connectivity index (χ2v) is 6.52. The third kappa shape index (κ3) is 5.88. The van der Waals surface area contributed by atoms with Gasteiger partial charge in [0.05, 0.1) is 6.61 Å². The average Bonchev–Trinajstić information content (AvgIpc) is 2.95. The molecule has 0 atom stereocenters. The van der Waals surface area contributed by atoms with Crippen molar-refractivity contribution >= 4 is 23.6 Å². The van der Waals surface area contributed by atoms with Crippen LogP contribution in [0.5, 0.6) is 5.75 Å². The molecule has 0 amide bonds. The fourth-order valence-electron chi connectivity index (χ4n) is 2.70. The lowest BCUT2D eigenvalue weighted by Gasteiger charge is -2.08. The van der Waals surface area contributed by atoms with Crippen molar-refractivity contribution < 1.29 is 19.0 Å². The lowest BCUT2D eigenvalue weighted by Crippen LogP contribution is -2.13. The number of benzene rings is 1. The average molecular weight is 403 g/mol. The van der Waals surface area contributed by atoms with E-state index in [1.807, 2.05) is 26.0 Å². The van der Waals surface area contributed by atoms with Crippen molar-refractivity contribution in [3.05, 3.63) is 57.9 Å². The minimum Gasteiger partial charge on any atom is -0.490 e. The highest BCUT2D eigenvalue weighted by Crippen LogP contribution is 2.19. The largest absolute Gasteiger partial charge is 0.490 e. The zero-order valence-corrected chi connectivity index (χ0v) is 17.0. The highest BCUT2D eigenvalue weighted by molar-refractivity contribution is 6.30. The van der Waals surface area contributed by atoms with Crippen LogP contribution in [0, 0.1) is 25.2 Å². The maximum absolute atomic E-state index is 12.2. The van der Waals surface area contributed by atoms with E-state index >= 15 is 0 Å². The predicted molar refractivity (Wildman–Crippen MR) is 107 cm³/mol. The Morgan fingerprint density at radius 2 is 1.93 bits per heavy atom. The first-order chi connectivity index (χ1) is 13.5. The summed E-state index contributed by atoms with van der Waals surface area (Å²) in [5, 5.41) is 9.95. The molecule has 0 N–H and O–H groups in total. The number of hydrogen-bond donors (Lipinski definition) is 0. The number of carbonyl (C=O) groups excluding carboxylic acids is 1. The standard InChI is InChI=1S/C21H23ClN2O4/c1-15-12-17(16(2)24(15)8-9-26-3)13-18(14-23)21(25)28-11-10-27-20-6-4-19(22)5-7-20/h4-7,12-13H,8-11H2,1-3H3/b18-13+. The molecule has 0 aliphatic carbocycles. The number of rotatable bonds is 9. The van der Waals surface area contributed by atoms with Crippen LogP contribution in [-0.4, -0.2) is 37.5 Å². The number of nitrogens with zero attached hydrogens (tertiary/aromatic N) is 2. The Morgan fingerprint density at radius 1 is 1.21 bits per heavy atom. The van der Waals surface area contributed by atoms with Crippen molar-refractivity contribution in [2.24, 2.45) is 0 Å². The maximum Gasteiger partial charge on any atom is 0.349 e. The monoisotopic (exact) mass is 402 g/mol. The van der Waals surface area contributed by atoms with Crippen molar-refractivity contribution in [1.82, 2.24) is 4.57 Å². The van der Waals surface area contributed by atoms with Gasteiger partial charge in [0, 0.05) is 30.1 Å². The first kappa shape index (κ1) is 21.5. The van der Waals surface area contributed by atoms with Gasteiger partial charge in [0.2, 0.25) is 0 Å². The van der Waals surface area contributed by atoms with Crippen molar-refractivity contribution in [1.29, 1.82) is 5.26 Å². The normalized spacial score (nSPS) is 11.2. The van der Waals surface area contributed by atoms with E-state index in [0.717, 1.165) is 17.0 Å². The second kappa shape index (κ2) is 10.5. The lowest BCUT2D eigenvalue weighted by molar-refractivity contribution is -0.139. The molecule has 1 aromatic heterocycles. The van der Waals surface area contributed by atoms with Crippen LogP contribution in [0.2, 0.25) is 5.02 Å². The SMILES string of the molecule is COCCn1c(C)cc(/C=C(\C#N)C(=O)OCCOc2ccc(Cl)cc2)c1C. The summed E-state index contributed by atoms with van der Waals surface area (Å²) in [4.78, 5) is 12.2. The first-order valence-electron chi connectivity index (χ1n) is 8.79. The molecule has 0 aliphatic heterocycles. The number of nitriles is 1. The fraction of sp³-hybridized carbons (Fsp3) is 0.333. The molecule has 2 rings (SSSR count). The Balaban J connectivity index is 1.95. The quantitative estimate of drug-likeness (QED) is 0.275. The van der Waals surface area contributed by atoms with Crippen LogP contribution in [0.15, 0.2) is 35.9 Å². The summed E-state index contributed by atoms with van der Waals surface area (Å²) in [6.07, 6.45) is 1.55. The molecule has 7 heteroatoms. The van der Waals surface area contributed by atoms with Crippen molar-refractivity contribution in [2.75, 3.05) is 26.9 Å². The van der Waals surface area contributed by atoms with Gasteiger partial charge < -0.3 is 18.8 Å². The first-order valence-corrected chi connectivity index (χ1v) is 9.17. The number of carbonyl (C=O) groups is 1. The molecule has 0 aliphatic rings. The van der Waals surface area contributed by atoms with Crippen LogP contribution >= 0.6 is 11.6 Å². The number of aromatic nitrogens is 1. The van der Waals surface area contributed by atoms with Crippen molar-refractivity contribution in [2.45, 2.75) is 20.4 Å². The van der Waals surface area contributed by atoms with Crippen LogP contribution in [0.1, 0.15) is 17.0 Å². The van der Waals surface area contributed by atoms with Gasteiger partial charge in [0.1, 0.15) is 30.6 Å². The smallest absolute Gasteiger partial charge is 0.349 e. The molecule has 1 heterocycles. The van der Waals surface area contributed by atoms with Crippen LogP contribution < -0.4 is 4.74 Å². The molecule has 0 fully saturated rings. The molecule has 2 aromatic rings. The van der Waals surface area contributed by atoms with E-state index in [2.05, 4.69) is 4.57 Å². The molecule has 0 radical (unpaired) electrons. The molecule has 1 aromatic carbocycles. The van der Waals surface area contributed by atoms with Gasteiger partial charge in [-0.25, -0.2) is 4.79 Å². The van der Waals surface area contributed by atoms with Crippen LogP contribution in [0.25, 0.3) is 6.08 Å². The second-order valence-electron chi connectivity index (χ2n) is 6.08. The summed E-state index contributed by atoms with van der Waals surface area (Å²) in [6.45, 7) is 5.41. The molecule has 0 bridgehead atoms. The lowest BCUT2D eigenvalue weighted by atomic mass is 10.1. The summed E-state index contributed by atoms with van der Waals surface area (Å²) < 4.78 is 17.8. The number of ether oxygens (including phenoxy) is 3. The molecule has 0 saturated heterocycles. The highest BCUT2D eigenvalue weighted by atomic mass is 35.5. The Bertz CT molecular complexity index is 879. The molecule has 28 heavy (non-hydrogen) atoms. The van der Waals surface area contributed by atoms with Gasteiger partial charge >= 0.3 is 5.97 Å². The van der Waals surface area contributed by atoms with E-state index in [1.54, 1.807) is 37.5 Å². The van der Waals surface area contributed by atoms with E-state index < -0.39 is 5.97 Å². The molecule has 0 saturated carbocycles. The van der Waals surface area contributed by atoms with Gasteiger partial charge in [0.25, 0.3) is 0 Å². The van der Waals surface area contributed by atoms with Gasteiger partial charge in [-0.05, 0) is 55.8 Å². The summed E-state index contributed by atoms with van der Waals surface area (Å²) in [5.41, 5.74) is 2.74. The van der Waals surface area contributed by atoms with E-state index in [1.165, 1.54) is 0 Å². The maximum atomic E-state index is 12.2. The Morgan fingerprint density at radius 3 is 2.57 bits per heavy atom. The van der Waals surface area contributed by atoms with Gasteiger partial charge in [-0.2, -0.15) is 5.26 Å². The van der Waals surface area contributed by atoms with Crippen LogP contribution in [0.4, 0.5) is 0 Å². The molecule has 0 spiro atoms. The van der Waals surface area contributed by atoms with E-state index in [-0.39, 0.29) is 18.8 Å². The molecule has 6 nitrogen and oxygen atoms in total. The molecule has 0 unspecified atom stereocenters. The number of halogens is 1. The van der Waals surface area contributed by atoms with E-state index in [9.17, 15) is 10.1 Å². The third-order valence-corrected chi connectivity index (χ3v) is 4.42. The van der Waals surface area contributed by atoms with E-state index in [4.69, 9.17) is 25.8 Å². The summed E-state index contributed by atoms with van der Waals surface area (Å²) >= 11 is 5.81. The number of hydrogen-bond acceptors (Lipinski definition) is 5. The third-order valence-electron chi connectivity index (χ3n) is 4.17. The predicted octanol–water partition coefficient (Wildman–Crippen LogP) is 3.93. The summed E-state index contributed by atoms with van der Waals surface area (Å²) in [6, 6.07) is 10.7. The highest BCUT2D eigenvalue weighted by Gasteiger charge is 2.14. The van der Waals surface area contributed by atoms with Crippen molar-refractivity contribution in [3.63, 3.8) is 0 Å². The van der Waals surface area contributed by atoms with Crippen LogP contribution in [0.3, 0.4) is 0 Å². The number of esters is 1. The van der Waals surface area contributed by atoms with Gasteiger partial charge in [-0.15, -0.1) is 0 Å². The minimum atomic E-state index is -0.677. The molecular formula is C21H23ClN2O4. The van der Waals surface area contributed by atoms with Crippen LogP contribution in [-0.2, 0) is 20.8 Å². The zero-order valence-electron chi connectivity index (χ0n) is 16.2.